The Morgan fingerprint density at radius 1 is 1.57 bits per heavy atom. The first-order valence-electron chi connectivity index (χ1n) is 7.12. The second-order valence-electron chi connectivity index (χ2n) is 4.99. The van der Waals surface area contributed by atoms with E-state index in [2.05, 4.69) is 30.7 Å². The second kappa shape index (κ2) is 7.48. The Labute approximate surface area is 129 Å². The van der Waals surface area contributed by atoms with Crippen LogP contribution < -0.4 is 0 Å². The highest BCUT2D eigenvalue weighted by Gasteiger charge is 2.30. The summed E-state index contributed by atoms with van der Waals surface area (Å²) in [6.45, 7) is 4.99. The number of hydrogen-bond acceptors (Lipinski definition) is 4. The maximum absolute atomic E-state index is 12.7. The van der Waals surface area contributed by atoms with Crippen LogP contribution in [0.1, 0.15) is 36.3 Å². The van der Waals surface area contributed by atoms with Gasteiger partial charge in [-0.1, -0.05) is 18.8 Å². The Bertz CT molecular complexity index is 565. The number of carbonyl (C=O) groups is 1. The van der Waals surface area contributed by atoms with E-state index in [1.165, 1.54) is 0 Å². The van der Waals surface area contributed by atoms with Crippen LogP contribution in [-0.4, -0.2) is 51.1 Å². The van der Waals surface area contributed by atoms with Crippen molar-refractivity contribution in [3.63, 3.8) is 0 Å². The van der Waals surface area contributed by atoms with Crippen molar-refractivity contribution in [3.8, 4) is 11.8 Å². The van der Waals surface area contributed by atoms with Gasteiger partial charge in [-0.3, -0.25) is 4.79 Å². The molecule has 0 spiro atoms. The van der Waals surface area contributed by atoms with Crippen molar-refractivity contribution in [3.05, 3.63) is 29.6 Å². The number of amides is 1. The fourth-order valence-electron chi connectivity index (χ4n) is 2.25. The predicted molar refractivity (Wildman–Crippen MR) is 85.2 cm³/mol. The van der Waals surface area contributed by atoms with Gasteiger partial charge >= 0.3 is 0 Å². The minimum Gasteiger partial charge on any atom is -0.395 e. The van der Waals surface area contributed by atoms with Gasteiger partial charge in [0, 0.05) is 36.2 Å². The van der Waals surface area contributed by atoms with Crippen molar-refractivity contribution in [1.82, 2.24) is 9.88 Å². The molecule has 21 heavy (non-hydrogen) atoms. The summed E-state index contributed by atoms with van der Waals surface area (Å²) in [6, 6.07) is 3.77. The summed E-state index contributed by atoms with van der Waals surface area (Å²) in [5.74, 6) is 6.69. The molecule has 5 heteroatoms. The lowest BCUT2D eigenvalue weighted by molar-refractivity contribution is 0.0692. The van der Waals surface area contributed by atoms with E-state index in [1.807, 2.05) is 16.7 Å². The molecule has 1 aromatic rings. The fraction of sp³-hybridized carbons (Fsp3) is 0.500. The van der Waals surface area contributed by atoms with Gasteiger partial charge in [0.2, 0.25) is 0 Å². The average Bonchev–Trinajstić information content (AvgIpc) is 2.50. The molecule has 1 fully saturated rings. The van der Waals surface area contributed by atoms with Crippen molar-refractivity contribution in [1.29, 1.82) is 0 Å². The normalized spacial score (nSPS) is 21.6. The van der Waals surface area contributed by atoms with E-state index in [-0.39, 0.29) is 18.6 Å². The Morgan fingerprint density at radius 3 is 3.14 bits per heavy atom. The lowest BCUT2D eigenvalue weighted by Crippen LogP contribution is -2.48. The summed E-state index contributed by atoms with van der Waals surface area (Å²) in [5, 5.41) is 9.22. The van der Waals surface area contributed by atoms with Crippen molar-refractivity contribution in [2.75, 3.05) is 18.9 Å². The molecule has 112 valence electrons. The molecule has 2 heterocycles. The number of carbonyl (C=O) groups excluding carboxylic acids is 1. The van der Waals surface area contributed by atoms with Crippen LogP contribution in [0, 0.1) is 11.8 Å². The maximum atomic E-state index is 12.7. The zero-order valence-corrected chi connectivity index (χ0v) is 13.2. The molecule has 1 aliphatic rings. The van der Waals surface area contributed by atoms with E-state index in [9.17, 15) is 4.79 Å². The molecule has 1 amide bonds. The second-order valence-corrected chi connectivity index (χ2v) is 6.48. The number of aliphatic hydroxyl groups excluding tert-OH is 1. The molecule has 1 aliphatic heterocycles. The molecule has 0 aromatic carbocycles. The van der Waals surface area contributed by atoms with Gasteiger partial charge in [0.25, 0.3) is 5.91 Å². The SMILES string of the molecule is CC1SCCN(C(=O)c2ncccc2C#CCCO)C1C. The lowest BCUT2D eigenvalue weighted by Gasteiger charge is -2.37. The molecule has 2 atom stereocenters. The van der Waals surface area contributed by atoms with Gasteiger partial charge in [0.15, 0.2) is 0 Å². The quantitative estimate of drug-likeness (QED) is 0.846. The number of thioether (sulfide) groups is 1. The standard InChI is InChI=1S/C16H20N2O2S/c1-12-13(2)21-11-9-18(12)16(20)15-14(6-3-4-10-19)7-5-8-17-15/h5,7-8,12-13,19H,4,9-11H2,1-2H3. The third kappa shape index (κ3) is 3.78. The van der Waals surface area contributed by atoms with Gasteiger partial charge < -0.3 is 10.0 Å². The van der Waals surface area contributed by atoms with Crippen LogP contribution in [0.3, 0.4) is 0 Å². The summed E-state index contributed by atoms with van der Waals surface area (Å²) < 4.78 is 0. The molecule has 1 saturated heterocycles. The molecule has 0 aliphatic carbocycles. The molecule has 1 N–H and O–H groups in total. The van der Waals surface area contributed by atoms with Gasteiger partial charge in [-0.25, -0.2) is 4.98 Å². The zero-order chi connectivity index (χ0) is 15.2. The number of aliphatic hydroxyl groups is 1. The highest BCUT2D eigenvalue weighted by molar-refractivity contribution is 8.00. The van der Waals surface area contributed by atoms with E-state index in [0.717, 1.165) is 12.3 Å². The highest BCUT2D eigenvalue weighted by Crippen LogP contribution is 2.25. The first-order valence-corrected chi connectivity index (χ1v) is 8.17. The molecule has 0 bridgehead atoms. The number of nitrogens with zero attached hydrogens (tertiary/aromatic N) is 2. The summed E-state index contributed by atoms with van der Waals surface area (Å²) in [5.41, 5.74) is 1.04. The Morgan fingerprint density at radius 2 is 2.38 bits per heavy atom. The zero-order valence-electron chi connectivity index (χ0n) is 12.4. The van der Waals surface area contributed by atoms with Crippen LogP contribution >= 0.6 is 11.8 Å². The number of hydrogen-bond donors (Lipinski definition) is 1. The Hall–Kier alpha value is -1.51. The van der Waals surface area contributed by atoms with Gasteiger partial charge in [-0.05, 0) is 19.1 Å². The van der Waals surface area contributed by atoms with Crippen LogP contribution in [0.15, 0.2) is 18.3 Å². The van der Waals surface area contributed by atoms with Gasteiger partial charge in [-0.15, -0.1) is 0 Å². The summed E-state index contributed by atoms with van der Waals surface area (Å²) in [6.07, 6.45) is 2.02. The Kier molecular flexibility index (Phi) is 5.66. The molecular weight excluding hydrogens is 284 g/mol. The first kappa shape index (κ1) is 15.9. The van der Waals surface area contributed by atoms with Gasteiger partial charge in [0.05, 0.1) is 12.2 Å². The van der Waals surface area contributed by atoms with Crippen molar-refractivity contribution >= 4 is 17.7 Å². The Balaban J connectivity index is 2.25. The van der Waals surface area contributed by atoms with Gasteiger partial charge in [0.1, 0.15) is 5.69 Å². The van der Waals surface area contributed by atoms with E-state index in [4.69, 9.17) is 5.11 Å². The molecule has 4 nitrogen and oxygen atoms in total. The van der Waals surface area contributed by atoms with Crippen LogP contribution in [0.4, 0.5) is 0 Å². The minimum absolute atomic E-state index is 0.0223. The predicted octanol–water partition coefficient (Wildman–Crippen LogP) is 1.78. The number of pyridine rings is 1. The maximum Gasteiger partial charge on any atom is 0.274 e. The molecular formula is C16H20N2O2S. The van der Waals surface area contributed by atoms with E-state index < -0.39 is 0 Å². The van der Waals surface area contributed by atoms with Crippen LogP contribution in [-0.2, 0) is 0 Å². The molecule has 0 radical (unpaired) electrons. The largest absolute Gasteiger partial charge is 0.395 e. The molecule has 1 aromatic heterocycles. The van der Waals surface area contributed by atoms with Crippen molar-refractivity contribution in [2.24, 2.45) is 0 Å². The van der Waals surface area contributed by atoms with Crippen LogP contribution in [0.5, 0.6) is 0 Å². The van der Waals surface area contributed by atoms with Crippen molar-refractivity contribution in [2.45, 2.75) is 31.6 Å². The summed E-state index contributed by atoms with van der Waals surface area (Å²) in [7, 11) is 0. The van der Waals surface area contributed by atoms with E-state index in [0.29, 0.717) is 22.9 Å². The third-order valence-corrected chi connectivity index (χ3v) is 4.95. The van der Waals surface area contributed by atoms with Gasteiger partial charge in [-0.2, -0.15) is 11.8 Å². The monoisotopic (exact) mass is 304 g/mol. The van der Waals surface area contributed by atoms with Crippen molar-refractivity contribution < 1.29 is 9.90 Å². The summed E-state index contributed by atoms with van der Waals surface area (Å²) >= 11 is 1.89. The number of rotatable bonds is 2. The van der Waals surface area contributed by atoms with Crippen LogP contribution in [0.25, 0.3) is 0 Å². The lowest BCUT2D eigenvalue weighted by atomic mass is 10.1. The topological polar surface area (TPSA) is 53.4 Å². The highest BCUT2D eigenvalue weighted by atomic mass is 32.2. The third-order valence-electron chi connectivity index (χ3n) is 3.61. The molecule has 0 saturated carbocycles. The van der Waals surface area contributed by atoms with E-state index in [1.54, 1.807) is 18.3 Å². The summed E-state index contributed by atoms with van der Waals surface area (Å²) in [4.78, 5) is 18.9. The first-order chi connectivity index (χ1) is 10.1. The van der Waals surface area contributed by atoms with E-state index >= 15 is 0 Å². The number of aromatic nitrogens is 1. The fourth-order valence-corrected chi connectivity index (χ4v) is 3.35. The average molecular weight is 304 g/mol. The molecule has 2 unspecified atom stereocenters. The van der Waals surface area contributed by atoms with Crippen LogP contribution in [0.2, 0.25) is 0 Å². The minimum atomic E-state index is -0.0523. The smallest absolute Gasteiger partial charge is 0.274 e. The molecule has 2 rings (SSSR count).